The Morgan fingerprint density at radius 3 is 1.85 bits per heavy atom. The molecule has 4 saturated carbocycles. The molecular formula is C45H74O16. The number of rotatable bonds is 7. The standard InChI is InChI=1S/C45H74O16/c1-19-9-14-45(54-18-19)20(2)30-28(61-45)16-27-25-8-7-23-15-24(10-12-43(23,5)26(25)11-13-44(27,30)6)57-42-39(60-41-36(52)34(50)32(48)22(4)56-41)37(53)38(29(17-46)58-42)59-40-35(51)33(49)31(47)21(3)55-40/h19-42,46-53H,7-18H2,1-6H3/t19-,20+,21-,22-,23+,24+,25-,26+,27+,28+,29-,30+,31-,32-,33+,34+,35+,36+,37+,38-,39-,40-,41-,42-,43+,44+,45-/m1/s1. The Morgan fingerprint density at radius 1 is 0.590 bits per heavy atom. The van der Waals surface area contributed by atoms with Crippen LogP contribution in [0.2, 0.25) is 0 Å². The van der Waals surface area contributed by atoms with Crippen LogP contribution in [0.5, 0.6) is 0 Å². The van der Waals surface area contributed by atoms with E-state index in [1.54, 1.807) is 0 Å². The molecule has 16 nitrogen and oxygen atoms in total. The van der Waals surface area contributed by atoms with Gasteiger partial charge in [0.25, 0.3) is 0 Å². The maximum atomic E-state index is 12.0. The number of aliphatic hydroxyl groups is 8. The van der Waals surface area contributed by atoms with Gasteiger partial charge in [-0.15, -0.1) is 0 Å². The van der Waals surface area contributed by atoms with E-state index in [2.05, 4.69) is 27.7 Å². The van der Waals surface area contributed by atoms with Crippen LogP contribution in [0.3, 0.4) is 0 Å². The Labute approximate surface area is 359 Å². The molecule has 0 amide bonds. The first kappa shape index (κ1) is 45.5. The zero-order valence-corrected chi connectivity index (χ0v) is 36.7. The minimum atomic E-state index is -1.70. The number of aliphatic hydroxyl groups excluding tert-OH is 8. The second-order valence-corrected chi connectivity index (χ2v) is 21.5. The molecule has 0 aromatic heterocycles. The summed E-state index contributed by atoms with van der Waals surface area (Å²) in [6.07, 6.45) is -11.0. The van der Waals surface area contributed by atoms with Crippen molar-refractivity contribution in [2.24, 2.45) is 52.3 Å². The van der Waals surface area contributed by atoms with Crippen LogP contribution >= 0.6 is 0 Å². The Bertz CT molecular complexity index is 1530. The first-order valence-corrected chi connectivity index (χ1v) is 23.5. The fraction of sp³-hybridized carbons (Fsp3) is 1.00. The van der Waals surface area contributed by atoms with Gasteiger partial charge in [-0.3, -0.25) is 0 Å². The maximum Gasteiger partial charge on any atom is 0.187 e. The summed E-state index contributed by atoms with van der Waals surface area (Å²) in [5.41, 5.74) is 0.350. The normalized spacial score (nSPS) is 59.7. The van der Waals surface area contributed by atoms with E-state index in [9.17, 15) is 40.9 Å². The van der Waals surface area contributed by atoms with Crippen molar-refractivity contribution < 1.29 is 78.7 Å². The van der Waals surface area contributed by atoms with Crippen molar-refractivity contribution in [1.82, 2.24) is 0 Å². The van der Waals surface area contributed by atoms with E-state index < -0.39 is 105 Å². The van der Waals surface area contributed by atoms with E-state index in [1.807, 2.05) is 0 Å². The molecule has 0 aromatic carbocycles. The second-order valence-electron chi connectivity index (χ2n) is 21.5. The lowest BCUT2D eigenvalue weighted by Gasteiger charge is -2.61. The second kappa shape index (κ2) is 16.9. The quantitative estimate of drug-likeness (QED) is 0.169. The molecule has 9 aliphatic rings. The van der Waals surface area contributed by atoms with Crippen LogP contribution in [0.15, 0.2) is 0 Å². The lowest BCUT2D eigenvalue weighted by molar-refractivity contribution is -0.389. The van der Waals surface area contributed by atoms with E-state index in [-0.39, 0.29) is 23.0 Å². The van der Waals surface area contributed by atoms with Crippen LogP contribution in [0.4, 0.5) is 0 Å². The first-order valence-electron chi connectivity index (χ1n) is 23.5. The Hall–Kier alpha value is -0.640. The molecule has 0 aromatic rings. The third-order valence-corrected chi connectivity index (χ3v) is 18.2. The van der Waals surface area contributed by atoms with Crippen molar-refractivity contribution >= 4 is 0 Å². The number of hydrogen-bond acceptors (Lipinski definition) is 16. The van der Waals surface area contributed by atoms with Gasteiger partial charge in [0.2, 0.25) is 0 Å². The number of hydrogen-bond donors (Lipinski definition) is 8. The molecule has 5 heterocycles. The summed E-state index contributed by atoms with van der Waals surface area (Å²) >= 11 is 0. The topological polar surface area (TPSA) is 236 Å². The third kappa shape index (κ3) is 7.50. The third-order valence-electron chi connectivity index (χ3n) is 18.2. The van der Waals surface area contributed by atoms with Crippen LogP contribution < -0.4 is 0 Å². The predicted molar refractivity (Wildman–Crippen MR) is 213 cm³/mol. The van der Waals surface area contributed by atoms with Crippen LogP contribution in [0.25, 0.3) is 0 Å². The number of fused-ring (bicyclic) bond motifs is 7. The molecule has 5 aliphatic heterocycles. The summed E-state index contributed by atoms with van der Waals surface area (Å²) < 4.78 is 50.3. The van der Waals surface area contributed by atoms with Gasteiger partial charge in [-0.2, -0.15) is 0 Å². The summed E-state index contributed by atoms with van der Waals surface area (Å²) in [7, 11) is 0. The largest absolute Gasteiger partial charge is 0.394 e. The van der Waals surface area contributed by atoms with E-state index in [0.29, 0.717) is 41.4 Å². The molecule has 5 saturated heterocycles. The van der Waals surface area contributed by atoms with Crippen molar-refractivity contribution in [3.05, 3.63) is 0 Å². The van der Waals surface area contributed by atoms with E-state index in [0.717, 1.165) is 58.0 Å². The average Bonchev–Trinajstić information content (AvgIpc) is 3.69. The van der Waals surface area contributed by atoms with Crippen molar-refractivity contribution in [2.45, 2.75) is 216 Å². The van der Waals surface area contributed by atoms with Gasteiger partial charge < -0.3 is 78.7 Å². The molecule has 0 bridgehead atoms. The Morgan fingerprint density at radius 2 is 1.23 bits per heavy atom. The Balaban J connectivity index is 0.897. The molecule has 350 valence electrons. The van der Waals surface area contributed by atoms with Gasteiger partial charge in [-0.25, -0.2) is 0 Å². The monoisotopic (exact) mass is 870 g/mol. The van der Waals surface area contributed by atoms with Gasteiger partial charge in [0.15, 0.2) is 24.7 Å². The van der Waals surface area contributed by atoms with Crippen molar-refractivity contribution in [1.29, 1.82) is 0 Å². The molecule has 0 radical (unpaired) electrons. The molecular weight excluding hydrogens is 796 g/mol. The number of ether oxygens (including phenoxy) is 8. The summed E-state index contributed by atoms with van der Waals surface area (Å²) in [5.74, 6) is 3.27. The molecule has 16 heteroatoms. The van der Waals surface area contributed by atoms with Crippen molar-refractivity contribution in [3.8, 4) is 0 Å². The minimum Gasteiger partial charge on any atom is -0.394 e. The van der Waals surface area contributed by atoms with Gasteiger partial charge in [-0.05, 0) is 118 Å². The highest BCUT2D eigenvalue weighted by Gasteiger charge is 2.69. The van der Waals surface area contributed by atoms with Gasteiger partial charge in [0.1, 0.15) is 61.0 Å². The molecule has 4 aliphatic carbocycles. The maximum absolute atomic E-state index is 12.0. The molecule has 61 heavy (non-hydrogen) atoms. The van der Waals surface area contributed by atoms with Crippen molar-refractivity contribution in [3.63, 3.8) is 0 Å². The van der Waals surface area contributed by atoms with Crippen LogP contribution in [0.1, 0.15) is 106 Å². The van der Waals surface area contributed by atoms with E-state index >= 15 is 0 Å². The smallest absolute Gasteiger partial charge is 0.187 e. The van der Waals surface area contributed by atoms with Gasteiger partial charge in [0, 0.05) is 12.3 Å². The van der Waals surface area contributed by atoms with Gasteiger partial charge in [-0.1, -0.05) is 27.7 Å². The molecule has 9 fully saturated rings. The van der Waals surface area contributed by atoms with E-state index in [4.69, 9.17) is 37.9 Å². The highest BCUT2D eigenvalue weighted by atomic mass is 16.8. The van der Waals surface area contributed by atoms with Gasteiger partial charge in [0.05, 0.1) is 37.6 Å². The molecule has 1 spiro atoms. The molecule has 0 unspecified atom stereocenters. The van der Waals surface area contributed by atoms with Crippen LogP contribution in [-0.4, -0.2) is 164 Å². The zero-order chi connectivity index (χ0) is 43.5. The summed E-state index contributed by atoms with van der Waals surface area (Å²) in [6, 6.07) is 0. The first-order chi connectivity index (χ1) is 28.9. The lowest BCUT2D eigenvalue weighted by Crippen LogP contribution is -2.66. The fourth-order valence-electron chi connectivity index (χ4n) is 14.6. The lowest BCUT2D eigenvalue weighted by atomic mass is 9.44. The predicted octanol–water partition coefficient (Wildman–Crippen LogP) is 1.32. The summed E-state index contributed by atoms with van der Waals surface area (Å²) in [4.78, 5) is 0. The van der Waals surface area contributed by atoms with Crippen LogP contribution in [-0.2, 0) is 37.9 Å². The summed E-state index contributed by atoms with van der Waals surface area (Å²) in [6.45, 7) is 12.9. The SMILES string of the molecule is C[C@@H]1CC[C@@]2(OC1)O[C@H]1C[C@H]3[C@@H]4CC[C@H]5C[C@@H](O[C@@H]6O[C@H](CO)[C@@H](O[C@H]7O[C@H](C)[C@@H](O)[C@H](O)[C@@H]7O)[C@H](O)[C@H]6O[C@H]6O[C@H](C)[C@@H](O)[C@H](O)[C@@H]6O)CC[C@]5(C)[C@H]4CC[C@]3(C)[C@H]1[C@@H]2C. The fourth-order valence-corrected chi connectivity index (χ4v) is 14.6. The highest BCUT2D eigenvalue weighted by molar-refractivity contribution is 5.15. The zero-order valence-electron chi connectivity index (χ0n) is 36.7. The average molecular weight is 871 g/mol. The van der Waals surface area contributed by atoms with Gasteiger partial charge >= 0.3 is 0 Å². The molecule has 8 N–H and O–H groups in total. The molecule has 27 atom stereocenters. The minimum absolute atomic E-state index is 0.122. The van der Waals surface area contributed by atoms with Crippen LogP contribution in [0, 0.1) is 52.3 Å². The molecule has 9 rings (SSSR count). The summed E-state index contributed by atoms with van der Waals surface area (Å²) in [5, 5.41) is 85.9. The highest BCUT2D eigenvalue weighted by Crippen LogP contribution is 2.71. The van der Waals surface area contributed by atoms with Crippen molar-refractivity contribution in [2.75, 3.05) is 13.2 Å². The van der Waals surface area contributed by atoms with E-state index in [1.165, 1.54) is 26.7 Å². The Kier molecular flexibility index (Phi) is 12.6.